The smallest absolute Gasteiger partial charge is 0.160 e. The molecule has 19 heavy (non-hydrogen) atoms. The van der Waals surface area contributed by atoms with Crippen LogP contribution in [0.1, 0.15) is 5.56 Å². The zero-order valence-corrected chi connectivity index (χ0v) is 10.6. The van der Waals surface area contributed by atoms with E-state index in [9.17, 15) is 8.78 Å². The molecule has 98 valence electrons. The van der Waals surface area contributed by atoms with E-state index in [0.717, 1.165) is 30.8 Å². The van der Waals surface area contributed by atoms with Crippen molar-refractivity contribution < 1.29 is 8.78 Å². The Morgan fingerprint density at radius 2 is 1.74 bits per heavy atom. The lowest BCUT2D eigenvalue weighted by atomic mass is 10.1. The number of fused-ring (bicyclic) bond motifs is 1. The molecule has 1 aliphatic heterocycles. The second-order valence-corrected chi connectivity index (χ2v) is 4.77. The molecule has 0 aromatic heterocycles. The van der Waals surface area contributed by atoms with Crippen LogP contribution >= 0.6 is 0 Å². The normalized spacial score (nSPS) is 13.5. The quantitative estimate of drug-likeness (QED) is 0.885. The third kappa shape index (κ3) is 2.26. The summed E-state index contributed by atoms with van der Waals surface area (Å²) in [7, 11) is 2.06. The maximum atomic E-state index is 13.1. The van der Waals surface area contributed by atoms with Gasteiger partial charge in [-0.25, -0.2) is 8.78 Å². The van der Waals surface area contributed by atoms with Crippen molar-refractivity contribution in [3.8, 4) is 0 Å². The molecule has 0 aliphatic carbocycles. The molecule has 2 aromatic rings. The van der Waals surface area contributed by atoms with Crippen LogP contribution in [0.25, 0.3) is 0 Å². The Kier molecular flexibility index (Phi) is 2.85. The van der Waals surface area contributed by atoms with E-state index in [1.807, 2.05) is 12.1 Å². The number of nitrogens with one attached hydrogen (secondary N) is 1. The Balaban J connectivity index is 1.86. The highest BCUT2D eigenvalue weighted by molar-refractivity contribution is 5.67. The molecular weight excluding hydrogens is 246 g/mol. The van der Waals surface area contributed by atoms with Gasteiger partial charge in [0.25, 0.3) is 0 Å². The zero-order valence-electron chi connectivity index (χ0n) is 10.6. The van der Waals surface area contributed by atoms with Crippen LogP contribution < -0.4 is 10.2 Å². The van der Waals surface area contributed by atoms with E-state index in [2.05, 4.69) is 23.3 Å². The van der Waals surface area contributed by atoms with Crippen molar-refractivity contribution in [2.75, 3.05) is 23.8 Å². The minimum Gasteiger partial charge on any atom is -0.374 e. The van der Waals surface area contributed by atoms with Crippen LogP contribution in [0.2, 0.25) is 0 Å². The summed E-state index contributed by atoms with van der Waals surface area (Å²) >= 11 is 0. The molecule has 0 bridgehead atoms. The van der Waals surface area contributed by atoms with Crippen molar-refractivity contribution in [3.63, 3.8) is 0 Å². The lowest BCUT2D eigenvalue weighted by Gasteiger charge is -2.13. The molecule has 0 atom stereocenters. The molecule has 3 rings (SSSR count). The monoisotopic (exact) mass is 260 g/mol. The van der Waals surface area contributed by atoms with Crippen LogP contribution in [0.4, 0.5) is 25.8 Å². The first-order valence-electron chi connectivity index (χ1n) is 6.19. The van der Waals surface area contributed by atoms with Crippen molar-refractivity contribution >= 4 is 17.1 Å². The van der Waals surface area contributed by atoms with Crippen LogP contribution in [-0.2, 0) is 6.42 Å². The van der Waals surface area contributed by atoms with Gasteiger partial charge in [0.1, 0.15) is 0 Å². The van der Waals surface area contributed by atoms with E-state index < -0.39 is 11.6 Å². The molecule has 1 N–H and O–H groups in total. The van der Waals surface area contributed by atoms with Gasteiger partial charge in [0.15, 0.2) is 11.6 Å². The predicted molar refractivity (Wildman–Crippen MR) is 73.1 cm³/mol. The molecule has 1 aliphatic rings. The highest BCUT2D eigenvalue weighted by Gasteiger charge is 2.15. The molecule has 0 radical (unpaired) electrons. The van der Waals surface area contributed by atoms with Crippen molar-refractivity contribution in [1.82, 2.24) is 0 Å². The number of hydrogen-bond acceptors (Lipinski definition) is 2. The Hall–Kier alpha value is -2.10. The first kappa shape index (κ1) is 12.0. The van der Waals surface area contributed by atoms with E-state index >= 15 is 0 Å². The Bertz CT molecular complexity index is 626. The second-order valence-electron chi connectivity index (χ2n) is 4.77. The van der Waals surface area contributed by atoms with Gasteiger partial charge in [0.05, 0.1) is 0 Å². The summed E-state index contributed by atoms with van der Waals surface area (Å²) in [5.41, 5.74) is 3.94. The topological polar surface area (TPSA) is 15.3 Å². The summed E-state index contributed by atoms with van der Waals surface area (Å²) in [4.78, 5) is 2.21. The van der Waals surface area contributed by atoms with E-state index in [1.165, 1.54) is 17.3 Å². The molecule has 0 saturated carbocycles. The molecule has 0 unspecified atom stereocenters. The van der Waals surface area contributed by atoms with Gasteiger partial charge in [-0.05, 0) is 42.3 Å². The molecule has 0 saturated heterocycles. The van der Waals surface area contributed by atoms with Crippen LogP contribution in [-0.4, -0.2) is 13.6 Å². The number of halogens is 2. The standard InChI is InChI=1S/C15H14F2N2/c1-19-7-6-10-8-11(3-5-15(10)19)18-12-2-4-13(16)14(17)9-12/h2-5,8-9,18H,6-7H2,1H3. The highest BCUT2D eigenvalue weighted by Crippen LogP contribution is 2.30. The lowest BCUT2D eigenvalue weighted by molar-refractivity contribution is 0.509. The average molecular weight is 260 g/mol. The lowest BCUT2D eigenvalue weighted by Crippen LogP contribution is -2.12. The fourth-order valence-corrected chi connectivity index (χ4v) is 2.39. The summed E-state index contributed by atoms with van der Waals surface area (Å²) in [5, 5.41) is 3.09. The van der Waals surface area contributed by atoms with Crippen molar-refractivity contribution in [3.05, 3.63) is 53.6 Å². The van der Waals surface area contributed by atoms with Gasteiger partial charge in [-0.1, -0.05) is 0 Å². The van der Waals surface area contributed by atoms with E-state index in [1.54, 1.807) is 0 Å². The largest absolute Gasteiger partial charge is 0.374 e. The van der Waals surface area contributed by atoms with Gasteiger partial charge >= 0.3 is 0 Å². The molecule has 0 fully saturated rings. The van der Waals surface area contributed by atoms with Gasteiger partial charge in [0.2, 0.25) is 0 Å². The third-order valence-electron chi connectivity index (χ3n) is 3.42. The Labute approximate surface area is 110 Å². The minimum absolute atomic E-state index is 0.546. The molecular formula is C15H14F2N2. The van der Waals surface area contributed by atoms with Crippen LogP contribution in [0, 0.1) is 11.6 Å². The minimum atomic E-state index is -0.842. The molecule has 0 amide bonds. The number of likely N-dealkylation sites (N-methyl/N-ethyl adjacent to an activating group) is 1. The maximum absolute atomic E-state index is 13.1. The highest BCUT2D eigenvalue weighted by atomic mass is 19.2. The summed E-state index contributed by atoms with van der Waals surface area (Å²) in [6.45, 7) is 1.02. The van der Waals surface area contributed by atoms with Crippen molar-refractivity contribution in [2.45, 2.75) is 6.42 Å². The molecule has 0 spiro atoms. The van der Waals surface area contributed by atoms with Gasteiger partial charge in [-0.2, -0.15) is 0 Å². The number of benzene rings is 2. The van der Waals surface area contributed by atoms with E-state index in [0.29, 0.717) is 5.69 Å². The van der Waals surface area contributed by atoms with Crippen molar-refractivity contribution in [1.29, 1.82) is 0 Å². The summed E-state index contributed by atoms with van der Waals surface area (Å²) in [6.07, 6.45) is 1.01. The zero-order chi connectivity index (χ0) is 13.4. The van der Waals surface area contributed by atoms with Gasteiger partial charge in [-0.15, -0.1) is 0 Å². The number of hydrogen-bond donors (Lipinski definition) is 1. The summed E-state index contributed by atoms with van der Waals surface area (Å²) < 4.78 is 26.0. The number of nitrogens with zero attached hydrogens (tertiary/aromatic N) is 1. The fraction of sp³-hybridized carbons (Fsp3) is 0.200. The predicted octanol–water partition coefficient (Wildman–Crippen LogP) is 3.70. The fourth-order valence-electron chi connectivity index (χ4n) is 2.39. The number of rotatable bonds is 2. The SMILES string of the molecule is CN1CCc2cc(Nc3ccc(F)c(F)c3)ccc21. The summed E-state index contributed by atoms with van der Waals surface area (Å²) in [6, 6.07) is 9.86. The van der Waals surface area contributed by atoms with E-state index in [-0.39, 0.29) is 0 Å². The molecule has 2 nitrogen and oxygen atoms in total. The Morgan fingerprint density at radius 1 is 1.00 bits per heavy atom. The van der Waals surface area contributed by atoms with Gasteiger partial charge in [0, 0.05) is 36.7 Å². The van der Waals surface area contributed by atoms with Gasteiger partial charge in [-0.3, -0.25) is 0 Å². The second kappa shape index (κ2) is 4.53. The first-order chi connectivity index (χ1) is 9.13. The average Bonchev–Trinajstić information content (AvgIpc) is 2.75. The Morgan fingerprint density at radius 3 is 2.53 bits per heavy atom. The van der Waals surface area contributed by atoms with Crippen molar-refractivity contribution in [2.24, 2.45) is 0 Å². The van der Waals surface area contributed by atoms with E-state index in [4.69, 9.17) is 0 Å². The van der Waals surface area contributed by atoms with Gasteiger partial charge < -0.3 is 10.2 Å². The summed E-state index contributed by atoms with van der Waals surface area (Å²) in [5.74, 6) is -1.67. The number of anilines is 3. The van der Waals surface area contributed by atoms with Crippen LogP contribution in [0.5, 0.6) is 0 Å². The first-order valence-corrected chi connectivity index (χ1v) is 6.19. The van der Waals surface area contributed by atoms with Crippen LogP contribution in [0.3, 0.4) is 0 Å². The molecule has 4 heteroatoms. The third-order valence-corrected chi connectivity index (χ3v) is 3.42. The van der Waals surface area contributed by atoms with Crippen LogP contribution in [0.15, 0.2) is 36.4 Å². The molecule has 2 aromatic carbocycles. The maximum Gasteiger partial charge on any atom is 0.160 e. The molecule has 1 heterocycles.